The first-order valence-corrected chi connectivity index (χ1v) is 11.8. The summed E-state index contributed by atoms with van der Waals surface area (Å²) >= 11 is 7.16. The molecule has 7 heteroatoms. The molecule has 1 heterocycles. The molecule has 0 saturated heterocycles. The van der Waals surface area contributed by atoms with E-state index in [4.69, 9.17) is 21.1 Å². The number of aliphatic imine (C=N–C) groups is 1. The zero-order valence-corrected chi connectivity index (χ0v) is 20.0. The minimum Gasteiger partial charge on any atom is -0.506 e. The molecule has 0 atom stereocenters. The van der Waals surface area contributed by atoms with Crippen molar-refractivity contribution in [1.29, 1.82) is 0 Å². The van der Waals surface area contributed by atoms with E-state index in [2.05, 4.69) is 4.99 Å². The number of halogens is 1. The van der Waals surface area contributed by atoms with Crippen LogP contribution in [0.5, 0.6) is 5.75 Å². The van der Waals surface area contributed by atoms with Crippen molar-refractivity contribution in [2.75, 3.05) is 6.61 Å². The van der Waals surface area contributed by atoms with Crippen LogP contribution in [0, 0.1) is 0 Å². The Bertz CT molecular complexity index is 1270. The number of esters is 1. The van der Waals surface area contributed by atoms with Crippen LogP contribution in [0.15, 0.2) is 100 Å². The van der Waals surface area contributed by atoms with Gasteiger partial charge in [-0.25, -0.2) is 9.79 Å². The molecule has 1 N–H and O–H groups in total. The molecular weight excluding hydrogens is 470 g/mol. The molecule has 5 nitrogen and oxygen atoms in total. The first-order chi connectivity index (χ1) is 16.5. The summed E-state index contributed by atoms with van der Waals surface area (Å²) in [5, 5.41) is 11.8. The van der Waals surface area contributed by atoms with Gasteiger partial charge in [-0.3, -0.25) is 0 Å². The fourth-order valence-electron chi connectivity index (χ4n) is 3.21. The molecule has 0 amide bonds. The van der Waals surface area contributed by atoms with Crippen molar-refractivity contribution >= 4 is 46.1 Å². The summed E-state index contributed by atoms with van der Waals surface area (Å²) < 4.78 is 11.1. The summed E-state index contributed by atoms with van der Waals surface area (Å²) in [6.45, 7) is 2.35. The number of carbonyl (C=O) groups is 1. The lowest BCUT2D eigenvalue weighted by Gasteiger charge is -2.07. The van der Waals surface area contributed by atoms with E-state index in [1.165, 1.54) is 11.8 Å². The standard InChI is InChI=1S/C27H22ClNO4S/c1-2-32-27(31)24-25(30)23(34-26(24)29-21-13-11-20(28)12-14-21)16-19-9-6-10-22(15-19)33-17-18-7-4-3-5-8-18/h3-16,30H,2,17H2,1H3. The van der Waals surface area contributed by atoms with Gasteiger partial charge in [-0.15, -0.1) is 0 Å². The predicted octanol–water partition coefficient (Wildman–Crippen LogP) is 7.11. The van der Waals surface area contributed by atoms with Crippen LogP contribution in [0.1, 0.15) is 18.1 Å². The Morgan fingerprint density at radius 3 is 2.56 bits per heavy atom. The number of hydrogen-bond donors (Lipinski definition) is 1. The third-order valence-electron chi connectivity index (χ3n) is 4.83. The molecule has 0 spiro atoms. The van der Waals surface area contributed by atoms with Crippen molar-refractivity contribution in [2.45, 2.75) is 13.5 Å². The molecule has 0 radical (unpaired) electrons. The van der Waals surface area contributed by atoms with Crippen LogP contribution in [0.2, 0.25) is 5.02 Å². The van der Waals surface area contributed by atoms with Gasteiger partial charge < -0.3 is 14.6 Å². The molecule has 3 aromatic carbocycles. The number of nitrogens with zero attached hydrogens (tertiary/aromatic N) is 1. The molecule has 1 aliphatic rings. The summed E-state index contributed by atoms with van der Waals surface area (Å²) in [5.41, 5.74) is 2.54. The number of ether oxygens (including phenoxy) is 2. The second-order valence-corrected chi connectivity index (χ2v) is 8.76. The highest BCUT2D eigenvalue weighted by atomic mass is 35.5. The Morgan fingerprint density at radius 2 is 1.82 bits per heavy atom. The SMILES string of the molecule is CCOC(=O)C1=C(O)C(=Cc2cccc(OCc3ccccc3)c2)SC1=Nc1ccc(Cl)cc1. The van der Waals surface area contributed by atoms with Gasteiger partial charge in [0.25, 0.3) is 0 Å². The Hall–Kier alpha value is -3.48. The maximum atomic E-state index is 12.6. The maximum absolute atomic E-state index is 12.6. The topological polar surface area (TPSA) is 68.1 Å². The van der Waals surface area contributed by atoms with E-state index in [0.29, 0.717) is 33.0 Å². The van der Waals surface area contributed by atoms with Gasteiger partial charge in [0, 0.05) is 5.02 Å². The molecule has 3 aromatic rings. The largest absolute Gasteiger partial charge is 0.506 e. The molecule has 0 fully saturated rings. The fourth-order valence-corrected chi connectivity index (χ4v) is 4.37. The number of benzene rings is 3. The minimum absolute atomic E-state index is 0.0459. The van der Waals surface area contributed by atoms with Gasteiger partial charge in [0.05, 0.1) is 17.2 Å². The van der Waals surface area contributed by atoms with Crippen LogP contribution in [-0.2, 0) is 16.1 Å². The van der Waals surface area contributed by atoms with E-state index in [-0.39, 0.29) is 17.9 Å². The first-order valence-electron chi connectivity index (χ1n) is 10.6. The van der Waals surface area contributed by atoms with E-state index >= 15 is 0 Å². The summed E-state index contributed by atoms with van der Waals surface area (Å²) in [7, 11) is 0. The number of aliphatic hydroxyl groups is 1. The van der Waals surface area contributed by atoms with Gasteiger partial charge in [-0.2, -0.15) is 0 Å². The van der Waals surface area contributed by atoms with Crippen LogP contribution in [0.3, 0.4) is 0 Å². The zero-order valence-electron chi connectivity index (χ0n) is 18.4. The normalized spacial score (nSPS) is 15.7. The Morgan fingerprint density at radius 1 is 1.06 bits per heavy atom. The van der Waals surface area contributed by atoms with Gasteiger partial charge >= 0.3 is 5.97 Å². The van der Waals surface area contributed by atoms with E-state index in [9.17, 15) is 9.90 Å². The number of aliphatic hydroxyl groups excluding tert-OH is 1. The third-order valence-corrected chi connectivity index (χ3v) is 6.10. The molecule has 0 unspecified atom stereocenters. The van der Waals surface area contributed by atoms with Gasteiger partial charge in [0.1, 0.15) is 28.7 Å². The second kappa shape index (κ2) is 11.1. The van der Waals surface area contributed by atoms with Crippen molar-refractivity contribution < 1.29 is 19.4 Å². The van der Waals surface area contributed by atoms with E-state index in [1.807, 2.05) is 54.6 Å². The highest BCUT2D eigenvalue weighted by Gasteiger charge is 2.33. The van der Waals surface area contributed by atoms with Crippen LogP contribution in [0.4, 0.5) is 5.69 Å². The van der Waals surface area contributed by atoms with Gasteiger partial charge in [0.2, 0.25) is 0 Å². The van der Waals surface area contributed by atoms with E-state index < -0.39 is 5.97 Å². The first kappa shape index (κ1) is 23.7. The number of carbonyl (C=O) groups excluding carboxylic acids is 1. The highest BCUT2D eigenvalue weighted by molar-refractivity contribution is 8.18. The van der Waals surface area contributed by atoms with Gasteiger partial charge in [-0.1, -0.05) is 65.8 Å². The molecule has 4 rings (SSSR count). The predicted molar refractivity (Wildman–Crippen MR) is 138 cm³/mol. The number of thioether (sulfide) groups is 1. The van der Waals surface area contributed by atoms with E-state index in [1.54, 1.807) is 37.3 Å². The lowest BCUT2D eigenvalue weighted by Crippen LogP contribution is -2.12. The summed E-state index contributed by atoms with van der Waals surface area (Å²) in [6.07, 6.45) is 1.79. The maximum Gasteiger partial charge on any atom is 0.344 e. The molecular formula is C27H22ClNO4S. The smallest absolute Gasteiger partial charge is 0.344 e. The fraction of sp³-hybridized carbons (Fsp3) is 0.111. The Labute approximate surface area is 207 Å². The van der Waals surface area contributed by atoms with Crippen molar-refractivity contribution in [3.05, 3.63) is 111 Å². The van der Waals surface area contributed by atoms with Gasteiger partial charge in [-0.05, 0) is 60.5 Å². The average Bonchev–Trinajstić information content (AvgIpc) is 3.14. The number of hydrogen-bond acceptors (Lipinski definition) is 6. The Kier molecular flexibility index (Phi) is 7.72. The molecule has 34 heavy (non-hydrogen) atoms. The lowest BCUT2D eigenvalue weighted by atomic mass is 10.1. The second-order valence-electron chi connectivity index (χ2n) is 7.29. The van der Waals surface area contributed by atoms with Crippen molar-refractivity contribution in [1.82, 2.24) is 0 Å². The minimum atomic E-state index is -0.622. The van der Waals surface area contributed by atoms with Crippen LogP contribution >= 0.6 is 23.4 Å². The quantitative estimate of drug-likeness (QED) is 0.356. The lowest BCUT2D eigenvalue weighted by molar-refractivity contribution is -0.138. The summed E-state index contributed by atoms with van der Waals surface area (Å²) in [4.78, 5) is 17.6. The average molecular weight is 492 g/mol. The Balaban J connectivity index is 1.61. The molecule has 1 aliphatic heterocycles. The van der Waals surface area contributed by atoms with Crippen molar-refractivity contribution in [3.63, 3.8) is 0 Å². The highest BCUT2D eigenvalue weighted by Crippen LogP contribution is 2.40. The van der Waals surface area contributed by atoms with Crippen molar-refractivity contribution in [3.8, 4) is 5.75 Å². The molecule has 0 saturated carbocycles. The molecule has 0 aromatic heterocycles. The molecule has 172 valence electrons. The van der Waals surface area contributed by atoms with Gasteiger partial charge in [0.15, 0.2) is 0 Å². The number of rotatable bonds is 7. The van der Waals surface area contributed by atoms with Crippen LogP contribution in [-0.4, -0.2) is 22.7 Å². The summed E-state index contributed by atoms with van der Waals surface area (Å²) in [6, 6.07) is 24.3. The monoisotopic (exact) mass is 491 g/mol. The van der Waals surface area contributed by atoms with Crippen LogP contribution < -0.4 is 4.74 Å². The van der Waals surface area contributed by atoms with Crippen molar-refractivity contribution in [2.24, 2.45) is 4.99 Å². The zero-order chi connectivity index (χ0) is 23.9. The third kappa shape index (κ3) is 5.90. The van der Waals surface area contributed by atoms with Crippen LogP contribution in [0.25, 0.3) is 6.08 Å². The summed E-state index contributed by atoms with van der Waals surface area (Å²) in [5.74, 6) is -0.0827. The molecule has 0 bridgehead atoms. The molecule has 0 aliphatic carbocycles. The van der Waals surface area contributed by atoms with E-state index in [0.717, 1.165) is 11.1 Å².